The zero-order valence-electron chi connectivity index (χ0n) is 10.5. The highest BCUT2D eigenvalue weighted by atomic mass is 35.5. The van der Waals surface area contributed by atoms with Crippen molar-refractivity contribution in [3.63, 3.8) is 0 Å². The van der Waals surface area contributed by atoms with Crippen LogP contribution >= 0.6 is 11.6 Å². The molecule has 2 aromatic heterocycles. The second kappa shape index (κ2) is 5.40. The Morgan fingerprint density at radius 1 is 1.10 bits per heavy atom. The van der Waals surface area contributed by atoms with Crippen molar-refractivity contribution in [3.8, 4) is 5.69 Å². The number of benzene rings is 1. The molecule has 6 heteroatoms. The number of hydrogen-bond acceptors (Lipinski definition) is 4. The first-order valence-electron chi connectivity index (χ1n) is 6.09. The van der Waals surface area contributed by atoms with Gasteiger partial charge in [-0.3, -0.25) is 4.98 Å². The number of aromatic nitrogens is 4. The van der Waals surface area contributed by atoms with E-state index in [0.717, 1.165) is 11.4 Å². The molecule has 2 N–H and O–H groups in total. The van der Waals surface area contributed by atoms with Crippen molar-refractivity contribution in [2.24, 2.45) is 5.73 Å². The Labute approximate surface area is 121 Å². The highest BCUT2D eigenvalue weighted by Gasteiger charge is 2.19. The average Bonchev–Trinajstić information content (AvgIpc) is 2.97. The van der Waals surface area contributed by atoms with Gasteiger partial charge in [-0.05, 0) is 24.3 Å². The maximum absolute atomic E-state index is 6.25. The van der Waals surface area contributed by atoms with Gasteiger partial charge < -0.3 is 5.73 Å². The molecular weight excluding hydrogens is 274 g/mol. The zero-order valence-corrected chi connectivity index (χ0v) is 11.3. The van der Waals surface area contributed by atoms with Crippen molar-refractivity contribution in [2.75, 3.05) is 0 Å². The molecule has 0 amide bonds. The summed E-state index contributed by atoms with van der Waals surface area (Å²) in [6.45, 7) is 0. The minimum Gasteiger partial charge on any atom is -0.318 e. The van der Waals surface area contributed by atoms with Crippen LogP contribution in [-0.2, 0) is 0 Å². The summed E-state index contributed by atoms with van der Waals surface area (Å²) < 4.78 is 1.69. The number of halogens is 1. The van der Waals surface area contributed by atoms with E-state index in [0.29, 0.717) is 10.7 Å². The number of hydrogen-bond donors (Lipinski definition) is 1. The van der Waals surface area contributed by atoms with Gasteiger partial charge in [-0.1, -0.05) is 35.0 Å². The standard InChI is InChI=1S/C14H12ClN5/c15-11-7-4-8-17-14(11)13(16)12-9-18-19-20(12)10-5-2-1-3-6-10/h1-9,13H,16H2. The SMILES string of the molecule is NC(c1ncccc1Cl)c1cnnn1-c1ccccc1. The van der Waals surface area contributed by atoms with Crippen LogP contribution in [0.4, 0.5) is 0 Å². The molecule has 0 radical (unpaired) electrons. The molecular formula is C14H12ClN5. The van der Waals surface area contributed by atoms with Gasteiger partial charge in [0.05, 0.1) is 34.3 Å². The van der Waals surface area contributed by atoms with Gasteiger partial charge >= 0.3 is 0 Å². The average molecular weight is 286 g/mol. The molecule has 0 aliphatic heterocycles. The quantitative estimate of drug-likeness (QED) is 0.802. The van der Waals surface area contributed by atoms with Crippen LogP contribution in [0.5, 0.6) is 0 Å². The number of pyridine rings is 1. The molecule has 1 aromatic carbocycles. The van der Waals surface area contributed by atoms with Crippen molar-refractivity contribution in [1.29, 1.82) is 0 Å². The summed E-state index contributed by atoms with van der Waals surface area (Å²) in [7, 11) is 0. The van der Waals surface area contributed by atoms with Crippen molar-refractivity contribution in [2.45, 2.75) is 6.04 Å². The number of nitrogens with zero attached hydrogens (tertiary/aromatic N) is 4. The third-order valence-corrected chi connectivity index (χ3v) is 3.30. The summed E-state index contributed by atoms with van der Waals surface area (Å²) in [5.74, 6) is 0. The Morgan fingerprint density at radius 2 is 1.90 bits per heavy atom. The highest BCUT2D eigenvalue weighted by molar-refractivity contribution is 6.31. The fraction of sp³-hybridized carbons (Fsp3) is 0.0714. The van der Waals surface area contributed by atoms with E-state index >= 15 is 0 Å². The van der Waals surface area contributed by atoms with Crippen molar-refractivity contribution in [1.82, 2.24) is 20.0 Å². The predicted molar refractivity (Wildman–Crippen MR) is 76.6 cm³/mol. The lowest BCUT2D eigenvalue weighted by Crippen LogP contribution is -2.18. The van der Waals surface area contributed by atoms with E-state index in [2.05, 4.69) is 15.3 Å². The first kappa shape index (κ1) is 12.8. The van der Waals surface area contributed by atoms with Crippen LogP contribution in [0.3, 0.4) is 0 Å². The Bertz CT molecular complexity index is 710. The van der Waals surface area contributed by atoms with Gasteiger partial charge in [0.1, 0.15) is 0 Å². The van der Waals surface area contributed by atoms with Gasteiger partial charge in [-0.25, -0.2) is 4.68 Å². The lowest BCUT2D eigenvalue weighted by molar-refractivity contribution is 0.707. The smallest absolute Gasteiger partial charge is 0.0933 e. The van der Waals surface area contributed by atoms with Crippen molar-refractivity contribution >= 4 is 11.6 Å². The maximum Gasteiger partial charge on any atom is 0.0933 e. The van der Waals surface area contributed by atoms with Crippen LogP contribution in [0.1, 0.15) is 17.4 Å². The van der Waals surface area contributed by atoms with E-state index in [9.17, 15) is 0 Å². The second-order valence-corrected chi connectivity index (χ2v) is 4.66. The van der Waals surface area contributed by atoms with Crippen molar-refractivity contribution < 1.29 is 0 Å². The molecule has 0 aliphatic rings. The summed E-state index contributed by atoms with van der Waals surface area (Å²) in [5, 5.41) is 8.54. The molecule has 3 aromatic rings. The minimum absolute atomic E-state index is 0.487. The largest absolute Gasteiger partial charge is 0.318 e. The Balaban J connectivity index is 2.04. The Hall–Kier alpha value is -2.24. The third kappa shape index (κ3) is 2.29. The van der Waals surface area contributed by atoms with E-state index in [1.54, 1.807) is 29.2 Å². The van der Waals surface area contributed by atoms with E-state index in [1.165, 1.54) is 0 Å². The maximum atomic E-state index is 6.25. The van der Waals surface area contributed by atoms with E-state index < -0.39 is 6.04 Å². The summed E-state index contributed by atoms with van der Waals surface area (Å²) in [5.41, 5.74) is 8.48. The van der Waals surface area contributed by atoms with Gasteiger partial charge in [0, 0.05) is 6.20 Å². The fourth-order valence-corrected chi connectivity index (χ4v) is 2.23. The van der Waals surface area contributed by atoms with E-state index in [4.69, 9.17) is 17.3 Å². The molecule has 5 nitrogen and oxygen atoms in total. The highest BCUT2D eigenvalue weighted by Crippen LogP contribution is 2.24. The topological polar surface area (TPSA) is 69.6 Å². The van der Waals surface area contributed by atoms with Crippen LogP contribution in [0.15, 0.2) is 54.9 Å². The van der Waals surface area contributed by atoms with E-state index in [-0.39, 0.29) is 0 Å². The number of para-hydroxylation sites is 1. The molecule has 20 heavy (non-hydrogen) atoms. The van der Waals surface area contributed by atoms with Gasteiger partial charge in [0.25, 0.3) is 0 Å². The number of rotatable bonds is 3. The molecule has 100 valence electrons. The summed E-state index contributed by atoms with van der Waals surface area (Å²) >= 11 is 6.14. The molecule has 3 rings (SSSR count). The summed E-state index contributed by atoms with van der Waals surface area (Å²) in [4.78, 5) is 4.24. The molecule has 0 aliphatic carbocycles. The zero-order chi connectivity index (χ0) is 13.9. The van der Waals surface area contributed by atoms with Gasteiger partial charge in [-0.15, -0.1) is 5.10 Å². The lowest BCUT2D eigenvalue weighted by atomic mass is 10.1. The summed E-state index contributed by atoms with van der Waals surface area (Å²) in [6, 6.07) is 12.7. The van der Waals surface area contributed by atoms with Crippen molar-refractivity contribution in [3.05, 3.63) is 71.3 Å². The normalized spacial score (nSPS) is 12.3. The third-order valence-electron chi connectivity index (χ3n) is 2.98. The molecule has 1 unspecified atom stereocenters. The molecule has 0 spiro atoms. The Morgan fingerprint density at radius 3 is 2.65 bits per heavy atom. The van der Waals surface area contributed by atoms with Crippen LogP contribution in [0, 0.1) is 0 Å². The first-order chi connectivity index (χ1) is 9.77. The van der Waals surface area contributed by atoms with Gasteiger partial charge in [0.2, 0.25) is 0 Å². The Kier molecular flexibility index (Phi) is 3.45. The molecule has 0 saturated heterocycles. The minimum atomic E-state index is -0.487. The monoisotopic (exact) mass is 285 g/mol. The summed E-state index contributed by atoms with van der Waals surface area (Å²) in [6.07, 6.45) is 3.29. The molecule has 0 saturated carbocycles. The van der Waals surface area contributed by atoms with Crippen LogP contribution < -0.4 is 5.73 Å². The van der Waals surface area contributed by atoms with Crippen LogP contribution in [-0.4, -0.2) is 20.0 Å². The molecule has 0 bridgehead atoms. The molecule has 1 atom stereocenters. The number of nitrogens with two attached hydrogens (primary N) is 1. The van der Waals surface area contributed by atoms with Gasteiger partial charge in [0.15, 0.2) is 0 Å². The fourth-order valence-electron chi connectivity index (χ4n) is 1.99. The second-order valence-electron chi connectivity index (χ2n) is 4.25. The van der Waals surface area contributed by atoms with Gasteiger partial charge in [-0.2, -0.15) is 0 Å². The van der Waals surface area contributed by atoms with E-state index in [1.807, 2.05) is 30.3 Å². The first-order valence-corrected chi connectivity index (χ1v) is 6.47. The lowest BCUT2D eigenvalue weighted by Gasteiger charge is -2.13. The molecule has 2 heterocycles. The molecule has 0 fully saturated rings. The van der Waals surface area contributed by atoms with Crippen LogP contribution in [0.25, 0.3) is 5.69 Å². The predicted octanol–water partition coefficient (Wildman–Crippen LogP) is 2.36. The van der Waals surface area contributed by atoms with Crippen LogP contribution in [0.2, 0.25) is 5.02 Å².